The van der Waals surface area contributed by atoms with Crippen LogP contribution in [-0.2, 0) is 4.74 Å². The number of thiol groups is 1. The SMILES string of the molecule is CCC(C)(S)OCCC(C)C. The maximum atomic E-state index is 5.55. The molecule has 0 fully saturated rings. The van der Waals surface area contributed by atoms with Gasteiger partial charge in [0, 0.05) is 6.61 Å². The van der Waals surface area contributed by atoms with Crippen molar-refractivity contribution in [1.29, 1.82) is 0 Å². The summed E-state index contributed by atoms with van der Waals surface area (Å²) in [6.07, 6.45) is 2.07. The van der Waals surface area contributed by atoms with E-state index in [1.807, 2.05) is 6.92 Å². The van der Waals surface area contributed by atoms with E-state index in [4.69, 9.17) is 4.74 Å². The van der Waals surface area contributed by atoms with Crippen molar-refractivity contribution in [2.45, 2.75) is 45.5 Å². The van der Waals surface area contributed by atoms with Gasteiger partial charge < -0.3 is 4.74 Å². The lowest BCUT2D eigenvalue weighted by Gasteiger charge is -2.22. The molecule has 0 aromatic rings. The normalized spacial score (nSPS) is 16.9. The molecule has 0 aliphatic rings. The van der Waals surface area contributed by atoms with E-state index >= 15 is 0 Å². The molecule has 0 bridgehead atoms. The fourth-order valence-corrected chi connectivity index (χ4v) is 0.708. The van der Waals surface area contributed by atoms with Crippen molar-refractivity contribution in [3.63, 3.8) is 0 Å². The van der Waals surface area contributed by atoms with E-state index in [1.165, 1.54) is 0 Å². The minimum absolute atomic E-state index is 0.227. The molecule has 0 spiro atoms. The van der Waals surface area contributed by atoms with Gasteiger partial charge >= 0.3 is 0 Å². The Morgan fingerprint density at radius 3 is 2.36 bits per heavy atom. The summed E-state index contributed by atoms with van der Waals surface area (Å²) in [5.74, 6) is 0.719. The Kier molecular flexibility index (Phi) is 5.19. The van der Waals surface area contributed by atoms with Gasteiger partial charge in [-0.15, -0.1) is 12.6 Å². The monoisotopic (exact) mass is 176 g/mol. The van der Waals surface area contributed by atoms with Crippen LogP contribution < -0.4 is 0 Å². The lowest BCUT2D eigenvalue weighted by molar-refractivity contribution is 0.0319. The smallest absolute Gasteiger partial charge is 0.107 e. The molecule has 1 nitrogen and oxygen atoms in total. The highest BCUT2D eigenvalue weighted by molar-refractivity contribution is 7.81. The van der Waals surface area contributed by atoms with Gasteiger partial charge in [-0.05, 0) is 25.7 Å². The van der Waals surface area contributed by atoms with Gasteiger partial charge in [0.25, 0.3) is 0 Å². The van der Waals surface area contributed by atoms with Gasteiger partial charge in [0.1, 0.15) is 4.93 Å². The minimum atomic E-state index is -0.227. The Balaban J connectivity index is 3.38. The summed E-state index contributed by atoms with van der Waals surface area (Å²) in [4.78, 5) is -0.227. The second kappa shape index (κ2) is 5.04. The molecule has 0 N–H and O–H groups in total. The molecule has 0 radical (unpaired) electrons. The molecule has 1 unspecified atom stereocenters. The van der Waals surface area contributed by atoms with Crippen LogP contribution in [0, 0.1) is 5.92 Å². The molecule has 0 aliphatic carbocycles. The Morgan fingerprint density at radius 2 is 2.00 bits per heavy atom. The highest BCUT2D eigenvalue weighted by Gasteiger charge is 2.15. The van der Waals surface area contributed by atoms with Gasteiger partial charge in [0.05, 0.1) is 0 Å². The van der Waals surface area contributed by atoms with Gasteiger partial charge in [0.2, 0.25) is 0 Å². The molecule has 0 heterocycles. The van der Waals surface area contributed by atoms with Gasteiger partial charge in [-0.3, -0.25) is 0 Å². The van der Waals surface area contributed by atoms with Gasteiger partial charge in [-0.2, -0.15) is 0 Å². The number of ether oxygens (including phenoxy) is 1. The van der Waals surface area contributed by atoms with Crippen LogP contribution in [0.3, 0.4) is 0 Å². The van der Waals surface area contributed by atoms with E-state index in [-0.39, 0.29) is 4.93 Å². The predicted molar refractivity (Wildman–Crippen MR) is 53.1 cm³/mol. The molecule has 0 saturated heterocycles. The zero-order valence-electron chi connectivity index (χ0n) is 8.05. The average Bonchev–Trinajstić information content (AvgIpc) is 1.87. The first-order valence-corrected chi connectivity index (χ1v) is 4.79. The first-order valence-electron chi connectivity index (χ1n) is 4.34. The Hall–Kier alpha value is 0.310. The molecule has 68 valence electrons. The molecule has 1 atom stereocenters. The van der Waals surface area contributed by atoms with Crippen molar-refractivity contribution in [2.24, 2.45) is 5.92 Å². The van der Waals surface area contributed by atoms with Crippen molar-refractivity contribution in [3.8, 4) is 0 Å². The van der Waals surface area contributed by atoms with Crippen molar-refractivity contribution in [3.05, 3.63) is 0 Å². The van der Waals surface area contributed by atoms with Crippen molar-refractivity contribution < 1.29 is 4.74 Å². The van der Waals surface area contributed by atoms with E-state index in [9.17, 15) is 0 Å². The third kappa shape index (κ3) is 6.70. The highest BCUT2D eigenvalue weighted by Crippen LogP contribution is 2.20. The molecule has 11 heavy (non-hydrogen) atoms. The minimum Gasteiger partial charge on any atom is -0.365 e. The van der Waals surface area contributed by atoms with Crippen LogP contribution in [0.25, 0.3) is 0 Å². The fraction of sp³-hybridized carbons (Fsp3) is 1.00. The predicted octanol–water partition coefficient (Wildman–Crippen LogP) is 3.11. The zero-order chi connectivity index (χ0) is 8.91. The molecule has 2 heteroatoms. The van der Waals surface area contributed by atoms with Crippen LogP contribution in [0.4, 0.5) is 0 Å². The number of hydrogen-bond donors (Lipinski definition) is 1. The van der Waals surface area contributed by atoms with E-state index < -0.39 is 0 Å². The van der Waals surface area contributed by atoms with Crippen LogP contribution in [0.2, 0.25) is 0 Å². The van der Waals surface area contributed by atoms with Crippen LogP contribution >= 0.6 is 12.6 Å². The van der Waals surface area contributed by atoms with Crippen molar-refractivity contribution in [2.75, 3.05) is 6.61 Å². The zero-order valence-corrected chi connectivity index (χ0v) is 8.95. The standard InChI is InChI=1S/C9H20OS/c1-5-9(4,11)10-7-6-8(2)3/h8,11H,5-7H2,1-4H3. The van der Waals surface area contributed by atoms with E-state index in [0.29, 0.717) is 0 Å². The molecule has 0 rings (SSSR count). The molecular formula is C9H20OS. The van der Waals surface area contributed by atoms with Crippen molar-refractivity contribution in [1.82, 2.24) is 0 Å². The number of hydrogen-bond acceptors (Lipinski definition) is 2. The summed E-state index contributed by atoms with van der Waals surface area (Å²) in [5, 5.41) is 0. The fourth-order valence-electron chi connectivity index (χ4n) is 0.617. The molecule has 0 amide bonds. The highest BCUT2D eigenvalue weighted by atomic mass is 32.1. The molecule has 0 aromatic carbocycles. The van der Waals surface area contributed by atoms with E-state index in [2.05, 4.69) is 33.4 Å². The molecule has 0 aromatic heterocycles. The maximum absolute atomic E-state index is 5.55. The third-order valence-corrected chi connectivity index (χ3v) is 2.21. The van der Waals surface area contributed by atoms with Crippen LogP contribution in [0.5, 0.6) is 0 Å². The number of rotatable bonds is 5. The van der Waals surface area contributed by atoms with Crippen LogP contribution in [-0.4, -0.2) is 11.5 Å². The van der Waals surface area contributed by atoms with E-state index in [0.717, 1.165) is 25.4 Å². The lowest BCUT2D eigenvalue weighted by atomic mass is 10.1. The summed E-state index contributed by atoms with van der Waals surface area (Å²) in [5.41, 5.74) is 0. The van der Waals surface area contributed by atoms with Gasteiger partial charge in [0.15, 0.2) is 0 Å². The van der Waals surface area contributed by atoms with Crippen LogP contribution in [0.15, 0.2) is 0 Å². The lowest BCUT2D eigenvalue weighted by Crippen LogP contribution is -2.21. The first kappa shape index (κ1) is 11.3. The van der Waals surface area contributed by atoms with Crippen LogP contribution in [0.1, 0.15) is 40.5 Å². The molecule has 0 aliphatic heterocycles. The molecular weight excluding hydrogens is 156 g/mol. The Morgan fingerprint density at radius 1 is 1.45 bits per heavy atom. The Bertz CT molecular complexity index is 99.7. The Labute approximate surface area is 75.9 Å². The summed E-state index contributed by atoms with van der Waals surface area (Å²) in [7, 11) is 0. The first-order chi connectivity index (χ1) is 4.98. The molecule has 0 saturated carbocycles. The second-order valence-corrected chi connectivity index (χ2v) is 4.51. The largest absolute Gasteiger partial charge is 0.365 e. The average molecular weight is 176 g/mol. The maximum Gasteiger partial charge on any atom is 0.107 e. The van der Waals surface area contributed by atoms with Crippen molar-refractivity contribution >= 4 is 12.6 Å². The van der Waals surface area contributed by atoms with Gasteiger partial charge in [-0.1, -0.05) is 20.8 Å². The van der Waals surface area contributed by atoms with Gasteiger partial charge in [-0.25, -0.2) is 0 Å². The summed E-state index contributed by atoms with van der Waals surface area (Å²) in [6, 6.07) is 0. The topological polar surface area (TPSA) is 9.23 Å². The summed E-state index contributed by atoms with van der Waals surface area (Å²) >= 11 is 4.37. The third-order valence-electron chi connectivity index (χ3n) is 1.76. The quantitative estimate of drug-likeness (QED) is 0.500. The second-order valence-electron chi connectivity index (χ2n) is 3.56. The van der Waals surface area contributed by atoms with E-state index in [1.54, 1.807) is 0 Å². The summed E-state index contributed by atoms with van der Waals surface area (Å²) in [6.45, 7) is 9.32. The summed E-state index contributed by atoms with van der Waals surface area (Å²) < 4.78 is 5.55.